The Hall–Kier alpha value is -1.52. The third kappa shape index (κ3) is 2.85. The molecule has 2 fully saturated rings. The maximum absolute atomic E-state index is 5.47. The topological polar surface area (TPSA) is 40.3 Å². The molecule has 4 rings (SSSR count). The first-order valence-electron chi connectivity index (χ1n) is 8.54. The lowest BCUT2D eigenvalue weighted by Gasteiger charge is -2.39. The maximum Gasteiger partial charge on any atom is 0.0594 e. The quantitative estimate of drug-likeness (QED) is 0.914. The highest BCUT2D eigenvalue weighted by Crippen LogP contribution is 2.29. The Labute approximate surface area is 131 Å². The number of H-pyrrole nitrogens is 1. The van der Waals surface area contributed by atoms with Gasteiger partial charge in [0, 0.05) is 48.0 Å². The molecule has 0 atom stereocenters. The van der Waals surface area contributed by atoms with Crippen molar-refractivity contribution in [3.63, 3.8) is 0 Å². The number of hydrogen-bond donors (Lipinski definition) is 2. The number of ether oxygens (including phenoxy) is 1. The molecule has 1 aromatic carbocycles. The van der Waals surface area contributed by atoms with Gasteiger partial charge in [-0.25, -0.2) is 0 Å². The molecule has 4 heteroatoms. The third-order valence-corrected chi connectivity index (χ3v) is 5.21. The number of anilines is 1. The smallest absolute Gasteiger partial charge is 0.0594 e. The monoisotopic (exact) mass is 299 g/mol. The fraction of sp³-hybridized carbons (Fsp3) is 0.556. The molecule has 2 aliphatic rings. The van der Waals surface area contributed by atoms with Crippen molar-refractivity contribution >= 4 is 16.6 Å². The molecule has 2 N–H and O–H groups in total. The second kappa shape index (κ2) is 6.31. The summed E-state index contributed by atoms with van der Waals surface area (Å²) in [5, 5.41) is 5.07. The number of aromatic nitrogens is 1. The molecule has 0 amide bonds. The Morgan fingerprint density at radius 1 is 1.05 bits per heavy atom. The molecule has 1 aliphatic heterocycles. The zero-order valence-electron chi connectivity index (χ0n) is 13.1. The van der Waals surface area contributed by atoms with Gasteiger partial charge in [-0.2, -0.15) is 0 Å². The first-order chi connectivity index (χ1) is 10.9. The van der Waals surface area contributed by atoms with Crippen LogP contribution in [0.4, 0.5) is 5.69 Å². The number of fused-ring (bicyclic) bond motifs is 1. The van der Waals surface area contributed by atoms with E-state index in [0.29, 0.717) is 6.04 Å². The van der Waals surface area contributed by atoms with Crippen LogP contribution in [-0.2, 0) is 4.74 Å². The van der Waals surface area contributed by atoms with E-state index in [0.717, 1.165) is 32.3 Å². The standard InChI is InChI=1S/C18H25N3O/c1-2-17-16(8-9-19-17)18(3-1)20-14-4-6-15(7-5-14)21-10-12-22-13-11-21/h1-3,8-9,14-15,19-20H,4-7,10-13H2. The van der Waals surface area contributed by atoms with Crippen LogP contribution in [0.25, 0.3) is 10.9 Å². The Morgan fingerprint density at radius 2 is 1.86 bits per heavy atom. The lowest BCUT2D eigenvalue weighted by Crippen LogP contribution is -2.46. The van der Waals surface area contributed by atoms with E-state index in [1.807, 2.05) is 6.20 Å². The van der Waals surface area contributed by atoms with Crippen molar-refractivity contribution in [3.8, 4) is 0 Å². The minimum Gasteiger partial charge on any atom is -0.382 e. The Morgan fingerprint density at radius 3 is 2.68 bits per heavy atom. The number of aromatic amines is 1. The van der Waals surface area contributed by atoms with Crippen LogP contribution in [0.5, 0.6) is 0 Å². The molecular weight excluding hydrogens is 274 g/mol. The van der Waals surface area contributed by atoms with E-state index in [1.165, 1.54) is 42.3 Å². The van der Waals surface area contributed by atoms with Crippen LogP contribution < -0.4 is 5.32 Å². The van der Waals surface area contributed by atoms with E-state index in [2.05, 4.69) is 39.5 Å². The molecule has 0 unspecified atom stereocenters. The van der Waals surface area contributed by atoms with E-state index in [4.69, 9.17) is 4.74 Å². The first kappa shape index (κ1) is 14.1. The van der Waals surface area contributed by atoms with Crippen LogP contribution in [0, 0.1) is 0 Å². The van der Waals surface area contributed by atoms with E-state index in [-0.39, 0.29) is 0 Å². The highest BCUT2D eigenvalue weighted by molar-refractivity contribution is 5.91. The summed E-state index contributed by atoms with van der Waals surface area (Å²) >= 11 is 0. The first-order valence-corrected chi connectivity index (χ1v) is 8.54. The van der Waals surface area contributed by atoms with Gasteiger partial charge < -0.3 is 15.0 Å². The summed E-state index contributed by atoms with van der Waals surface area (Å²) in [6, 6.07) is 10.0. The Bertz CT molecular complexity index is 610. The van der Waals surface area contributed by atoms with Crippen LogP contribution in [0.15, 0.2) is 30.5 Å². The summed E-state index contributed by atoms with van der Waals surface area (Å²) < 4.78 is 5.47. The van der Waals surface area contributed by atoms with Crippen LogP contribution in [-0.4, -0.2) is 48.3 Å². The third-order valence-electron chi connectivity index (χ3n) is 5.21. The highest BCUT2D eigenvalue weighted by Gasteiger charge is 2.26. The van der Waals surface area contributed by atoms with Crippen molar-refractivity contribution in [1.29, 1.82) is 0 Å². The normalized spacial score (nSPS) is 27.1. The zero-order valence-corrected chi connectivity index (χ0v) is 13.1. The van der Waals surface area contributed by atoms with Gasteiger partial charge in [0.05, 0.1) is 13.2 Å². The van der Waals surface area contributed by atoms with Gasteiger partial charge in [-0.3, -0.25) is 4.90 Å². The number of rotatable bonds is 3. The molecule has 4 nitrogen and oxygen atoms in total. The van der Waals surface area contributed by atoms with Gasteiger partial charge in [0.15, 0.2) is 0 Å². The second-order valence-electron chi connectivity index (χ2n) is 6.54. The minimum absolute atomic E-state index is 0.609. The van der Waals surface area contributed by atoms with Gasteiger partial charge >= 0.3 is 0 Å². The largest absolute Gasteiger partial charge is 0.382 e. The number of hydrogen-bond acceptors (Lipinski definition) is 3. The van der Waals surface area contributed by atoms with Crippen molar-refractivity contribution in [2.75, 3.05) is 31.6 Å². The van der Waals surface area contributed by atoms with Crippen molar-refractivity contribution < 1.29 is 4.74 Å². The van der Waals surface area contributed by atoms with Crippen molar-refractivity contribution in [1.82, 2.24) is 9.88 Å². The van der Waals surface area contributed by atoms with Crippen LogP contribution in [0.3, 0.4) is 0 Å². The fourth-order valence-electron chi connectivity index (χ4n) is 3.96. The molecule has 1 aliphatic carbocycles. The second-order valence-corrected chi connectivity index (χ2v) is 6.54. The van der Waals surface area contributed by atoms with Crippen molar-refractivity contribution in [3.05, 3.63) is 30.5 Å². The maximum atomic E-state index is 5.47. The summed E-state index contributed by atoms with van der Waals surface area (Å²) in [6.45, 7) is 4.05. The fourth-order valence-corrected chi connectivity index (χ4v) is 3.96. The van der Waals surface area contributed by atoms with E-state index < -0.39 is 0 Å². The molecule has 118 valence electrons. The zero-order chi connectivity index (χ0) is 14.8. The van der Waals surface area contributed by atoms with Gasteiger partial charge in [-0.1, -0.05) is 6.07 Å². The lowest BCUT2D eigenvalue weighted by molar-refractivity contribution is 0.00791. The summed E-state index contributed by atoms with van der Waals surface area (Å²) in [7, 11) is 0. The molecule has 0 bridgehead atoms. The summed E-state index contributed by atoms with van der Waals surface area (Å²) in [4.78, 5) is 5.92. The molecule has 2 heterocycles. The van der Waals surface area contributed by atoms with Crippen molar-refractivity contribution in [2.24, 2.45) is 0 Å². The van der Waals surface area contributed by atoms with Gasteiger partial charge in [0.2, 0.25) is 0 Å². The van der Waals surface area contributed by atoms with Crippen LogP contribution in [0.2, 0.25) is 0 Å². The molecule has 1 saturated heterocycles. The molecule has 1 saturated carbocycles. The van der Waals surface area contributed by atoms with E-state index in [9.17, 15) is 0 Å². The summed E-state index contributed by atoms with van der Waals surface area (Å²) in [6.07, 6.45) is 7.17. The molecule has 0 radical (unpaired) electrons. The van der Waals surface area contributed by atoms with Gasteiger partial charge in [0.1, 0.15) is 0 Å². The average molecular weight is 299 g/mol. The lowest BCUT2D eigenvalue weighted by atomic mass is 9.89. The van der Waals surface area contributed by atoms with Crippen LogP contribution >= 0.6 is 0 Å². The molecule has 2 aromatic rings. The minimum atomic E-state index is 0.609. The van der Waals surface area contributed by atoms with Gasteiger partial charge in [-0.15, -0.1) is 0 Å². The molecule has 0 spiro atoms. The molecule has 22 heavy (non-hydrogen) atoms. The SMILES string of the molecule is c1cc(NC2CCC(N3CCOCC3)CC2)c2cc[nH]c2c1. The Balaban J connectivity index is 1.36. The summed E-state index contributed by atoms with van der Waals surface area (Å²) in [5.41, 5.74) is 2.49. The number of morpholine rings is 1. The van der Waals surface area contributed by atoms with Crippen LogP contribution in [0.1, 0.15) is 25.7 Å². The van der Waals surface area contributed by atoms with E-state index in [1.54, 1.807) is 0 Å². The summed E-state index contributed by atoms with van der Waals surface area (Å²) in [5.74, 6) is 0. The molecule has 1 aromatic heterocycles. The van der Waals surface area contributed by atoms with Gasteiger partial charge in [-0.05, 0) is 43.9 Å². The Kier molecular flexibility index (Phi) is 4.04. The van der Waals surface area contributed by atoms with Gasteiger partial charge in [0.25, 0.3) is 0 Å². The number of nitrogens with one attached hydrogen (secondary N) is 2. The predicted molar refractivity (Wildman–Crippen MR) is 90.4 cm³/mol. The average Bonchev–Trinajstić information content (AvgIpc) is 3.06. The highest BCUT2D eigenvalue weighted by atomic mass is 16.5. The predicted octanol–water partition coefficient (Wildman–Crippen LogP) is 3.22. The van der Waals surface area contributed by atoms with E-state index >= 15 is 0 Å². The van der Waals surface area contributed by atoms with Crippen molar-refractivity contribution in [2.45, 2.75) is 37.8 Å². The number of nitrogens with zero attached hydrogens (tertiary/aromatic N) is 1. The molecular formula is C18H25N3O. The number of benzene rings is 1.